The van der Waals surface area contributed by atoms with Crippen LogP contribution in [0.2, 0.25) is 0 Å². The number of pyridine rings is 1. The molecule has 122 valence electrons. The lowest BCUT2D eigenvalue weighted by molar-refractivity contribution is 0.102. The average molecular weight is 333 g/mol. The predicted molar refractivity (Wildman–Crippen MR) is 91.6 cm³/mol. The molecule has 0 atom stereocenters. The first kappa shape index (κ1) is 16.1. The second-order valence-corrected chi connectivity index (χ2v) is 5.24. The molecule has 0 aliphatic heterocycles. The normalized spacial score (nSPS) is 10.1. The van der Waals surface area contributed by atoms with Gasteiger partial charge in [-0.2, -0.15) is 5.26 Å². The van der Waals surface area contributed by atoms with Crippen LogP contribution in [0.4, 0.5) is 10.1 Å². The van der Waals surface area contributed by atoms with E-state index in [4.69, 9.17) is 5.26 Å². The molecule has 0 radical (unpaired) electrons. The maximum atomic E-state index is 13.1. The van der Waals surface area contributed by atoms with Crippen molar-refractivity contribution in [1.82, 2.24) is 4.98 Å². The molecule has 2 N–H and O–H groups in total. The fourth-order valence-electron chi connectivity index (χ4n) is 2.35. The Morgan fingerprint density at radius 2 is 1.84 bits per heavy atom. The Hall–Kier alpha value is -3.72. The minimum Gasteiger partial charge on any atom is -0.321 e. The number of carbonyl (C=O) groups is 1. The first-order valence-electron chi connectivity index (χ1n) is 7.38. The Bertz CT molecular complexity index is 1040. The molecule has 0 aliphatic carbocycles. The Morgan fingerprint density at radius 1 is 1.08 bits per heavy atom. The molecule has 0 unspecified atom stereocenters. The summed E-state index contributed by atoms with van der Waals surface area (Å²) in [6.45, 7) is 0. The quantitative estimate of drug-likeness (QED) is 0.771. The Kier molecular flexibility index (Phi) is 4.40. The molecule has 0 fully saturated rings. The highest BCUT2D eigenvalue weighted by atomic mass is 19.1. The Balaban J connectivity index is 1.89. The molecule has 3 rings (SSSR count). The van der Waals surface area contributed by atoms with Crippen molar-refractivity contribution in [1.29, 1.82) is 5.26 Å². The summed E-state index contributed by atoms with van der Waals surface area (Å²) in [5.74, 6) is -1.26. The van der Waals surface area contributed by atoms with Crippen LogP contribution in [0.5, 0.6) is 0 Å². The minimum absolute atomic E-state index is 0.0225. The van der Waals surface area contributed by atoms with Crippen LogP contribution < -0.4 is 10.9 Å². The number of anilines is 1. The third kappa shape index (κ3) is 3.46. The average Bonchev–Trinajstić information content (AvgIpc) is 2.63. The molecule has 0 spiro atoms. The van der Waals surface area contributed by atoms with Gasteiger partial charge in [0, 0.05) is 5.69 Å². The van der Waals surface area contributed by atoms with Gasteiger partial charge < -0.3 is 10.3 Å². The second kappa shape index (κ2) is 6.81. The summed E-state index contributed by atoms with van der Waals surface area (Å²) in [6.07, 6.45) is 0. The highest BCUT2D eigenvalue weighted by Gasteiger charge is 2.14. The van der Waals surface area contributed by atoms with Gasteiger partial charge in [-0.15, -0.1) is 0 Å². The molecule has 0 saturated heterocycles. The van der Waals surface area contributed by atoms with E-state index in [2.05, 4.69) is 10.3 Å². The van der Waals surface area contributed by atoms with E-state index in [1.807, 2.05) is 30.3 Å². The van der Waals surface area contributed by atoms with Gasteiger partial charge >= 0.3 is 0 Å². The maximum Gasteiger partial charge on any atom is 0.261 e. The monoisotopic (exact) mass is 333 g/mol. The van der Waals surface area contributed by atoms with E-state index in [0.717, 1.165) is 17.7 Å². The molecule has 1 heterocycles. The number of halogens is 1. The van der Waals surface area contributed by atoms with E-state index >= 15 is 0 Å². The summed E-state index contributed by atoms with van der Waals surface area (Å²) in [5, 5.41) is 11.5. The van der Waals surface area contributed by atoms with Crippen LogP contribution >= 0.6 is 0 Å². The summed E-state index contributed by atoms with van der Waals surface area (Å²) >= 11 is 0. The van der Waals surface area contributed by atoms with Crippen LogP contribution in [0.1, 0.15) is 15.9 Å². The van der Waals surface area contributed by atoms with Crippen molar-refractivity contribution in [3.63, 3.8) is 0 Å². The van der Waals surface area contributed by atoms with Crippen molar-refractivity contribution < 1.29 is 9.18 Å². The number of hydrogen-bond donors (Lipinski definition) is 2. The van der Waals surface area contributed by atoms with Crippen molar-refractivity contribution in [3.8, 4) is 17.3 Å². The Morgan fingerprint density at radius 3 is 2.52 bits per heavy atom. The van der Waals surface area contributed by atoms with Crippen LogP contribution in [0.15, 0.2) is 65.5 Å². The number of carbonyl (C=O) groups excluding carboxylic acids is 1. The number of nitriles is 1. The molecule has 6 heteroatoms. The number of rotatable bonds is 3. The first-order chi connectivity index (χ1) is 12.1. The highest BCUT2D eigenvalue weighted by molar-refractivity contribution is 6.04. The summed E-state index contributed by atoms with van der Waals surface area (Å²) in [4.78, 5) is 27.2. The zero-order chi connectivity index (χ0) is 17.8. The van der Waals surface area contributed by atoms with E-state index in [1.54, 1.807) is 12.1 Å². The summed E-state index contributed by atoms with van der Waals surface area (Å²) in [5.41, 5.74) is 0.858. The SMILES string of the molecule is N#Cc1cc(F)ccc1NC(=O)c1ccc(-c2ccccc2)[nH]c1=O. The highest BCUT2D eigenvalue weighted by Crippen LogP contribution is 2.18. The lowest BCUT2D eigenvalue weighted by atomic mass is 10.1. The zero-order valence-corrected chi connectivity index (χ0v) is 12.9. The lowest BCUT2D eigenvalue weighted by Crippen LogP contribution is -2.23. The number of aromatic nitrogens is 1. The number of nitrogens with zero attached hydrogens (tertiary/aromatic N) is 1. The topological polar surface area (TPSA) is 85.8 Å². The third-order valence-electron chi connectivity index (χ3n) is 3.59. The van der Waals surface area contributed by atoms with Crippen LogP contribution in [-0.4, -0.2) is 10.9 Å². The summed E-state index contributed by atoms with van der Waals surface area (Å²) in [7, 11) is 0. The van der Waals surface area contributed by atoms with Gasteiger partial charge in [0.05, 0.1) is 11.3 Å². The van der Waals surface area contributed by atoms with Crippen LogP contribution in [0.3, 0.4) is 0 Å². The van der Waals surface area contributed by atoms with Gasteiger partial charge in [-0.05, 0) is 35.9 Å². The number of aromatic amines is 1. The predicted octanol–water partition coefficient (Wildman–Crippen LogP) is 3.30. The van der Waals surface area contributed by atoms with Crippen LogP contribution in [-0.2, 0) is 0 Å². The fourth-order valence-corrected chi connectivity index (χ4v) is 2.35. The van der Waals surface area contributed by atoms with Gasteiger partial charge in [-0.3, -0.25) is 9.59 Å². The fraction of sp³-hybridized carbons (Fsp3) is 0. The van der Waals surface area contributed by atoms with Crippen molar-refractivity contribution in [2.75, 3.05) is 5.32 Å². The van der Waals surface area contributed by atoms with Gasteiger partial charge in [0.2, 0.25) is 0 Å². The zero-order valence-electron chi connectivity index (χ0n) is 12.9. The van der Waals surface area contributed by atoms with Gasteiger partial charge in [-0.1, -0.05) is 30.3 Å². The van der Waals surface area contributed by atoms with Gasteiger partial charge in [0.25, 0.3) is 11.5 Å². The van der Waals surface area contributed by atoms with Crippen LogP contribution in [0, 0.1) is 17.1 Å². The van der Waals surface area contributed by atoms with Crippen molar-refractivity contribution in [2.45, 2.75) is 0 Å². The van der Waals surface area contributed by atoms with E-state index in [1.165, 1.54) is 12.1 Å². The van der Waals surface area contributed by atoms with Crippen molar-refractivity contribution >= 4 is 11.6 Å². The number of nitrogens with one attached hydrogen (secondary N) is 2. The molecule has 25 heavy (non-hydrogen) atoms. The second-order valence-electron chi connectivity index (χ2n) is 5.24. The molecule has 5 nitrogen and oxygen atoms in total. The van der Waals surface area contributed by atoms with Gasteiger partial charge in [0.1, 0.15) is 17.4 Å². The van der Waals surface area contributed by atoms with Crippen molar-refractivity contribution in [2.24, 2.45) is 0 Å². The van der Waals surface area contributed by atoms with Gasteiger partial charge in [0.15, 0.2) is 0 Å². The third-order valence-corrected chi connectivity index (χ3v) is 3.59. The molecule has 2 aromatic carbocycles. The van der Waals surface area contributed by atoms with E-state index in [-0.39, 0.29) is 16.8 Å². The van der Waals surface area contributed by atoms with E-state index in [0.29, 0.717) is 5.69 Å². The molecule has 0 aliphatic rings. The smallest absolute Gasteiger partial charge is 0.261 e. The number of H-pyrrole nitrogens is 1. The molecule has 3 aromatic rings. The standard InChI is InChI=1S/C19H12FN3O2/c20-14-6-8-17(13(10-14)11-21)23-19(25)15-7-9-16(22-18(15)24)12-4-2-1-3-5-12/h1-10H,(H,22,24)(H,23,25). The Labute approximate surface area is 142 Å². The molecule has 1 amide bonds. The van der Waals surface area contributed by atoms with E-state index in [9.17, 15) is 14.0 Å². The molecule has 1 aromatic heterocycles. The first-order valence-corrected chi connectivity index (χ1v) is 7.38. The number of amides is 1. The number of hydrogen-bond acceptors (Lipinski definition) is 3. The molecule has 0 saturated carbocycles. The molecular weight excluding hydrogens is 321 g/mol. The minimum atomic E-state index is -0.677. The largest absolute Gasteiger partial charge is 0.321 e. The molecule has 0 bridgehead atoms. The molecular formula is C19H12FN3O2. The lowest BCUT2D eigenvalue weighted by Gasteiger charge is -2.07. The van der Waals surface area contributed by atoms with Gasteiger partial charge in [-0.25, -0.2) is 4.39 Å². The van der Waals surface area contributed by atoms with E-state index < -0.39 is 17.3 Å². The number of benzene rings is 2. The summed E-state index contributed by atoms with van der Waals surface area (Å²) < 4.78 is 13.1. The maximum absolute atomic E-state index is 13.1. The van der Waals surface area contributed by atoms with Crippen molar-refractivity contribution in [3.05, 3.63) is 88.0 Å². The summed E-state index contributed by atoms with van der Waals surface area (Å²) in [6, 6.07) is 17.5. The van der Waals surface area contributed by atoms with Crippen LogP contribution in [0.25, 0.3) is 11.3 Å².